The second-order valence-electron chi connectivity index (χ2n) is 4.15. The summed E-state index contributed by atoms with van der Waals surface area (Å²) in [7, 11) is 0. The van der Waals surface area contributed by atoms with E-state index in [1.165, 1.54) is 0 Å². The zero-order chi connectivity index (χ0) is 11.8. The molecule has 0 saturated carbocycles. The van der Waals surface area contributed by atoms with Crippen LogP contribution in [0.5, 0.6) is 0 Å². The van der Waals surface area contributed by atoms with Gasteiger partial charge in [-0.05, 0) is 30.3 Å². The van der Waals surface area contributed by atoms with E-state index in [-0.39, 0.29) is 0 Å². The Bertz CT molecular complexity index is 599. The van der Waals surface area contributed by atoms with Gasteiger partial charge < -0.3 is 11.5 Å². The fraction of sp³-hybridized carbons (Fsp3) is 0. The molecular weight excluding hydrogens is 212 g/mol. The molecule has 0 aromatic heterocycles. The molecule has 7 N–H and O–H groups in total. The van der Waals surface area contributed by atoms with Gasteiger partial charge in [-0.25, -0.2) is 5.32 Å². The molecule has 4 heteroatoms. The molecule has 0 atom stereocenters. The average molecular weight is 226 g/mol. The molecule has 0 aliphatic carbocycles. The smallest absolute Gasteiger partial charge is 0.377 e. The van der Waals surface area contributed by atoms with E-state index in [4.69, 9.17) is 11.5 Å². The Morgan fingerprint density at radius 3 is 2.35 bits per heavy atom. The molecule has 0 unspecified atom stereocenters. The van der Waals surface area contributed by atoms with Gasteiger partial charge in [-0.2, -0.15) is 4.99 Å². The van der Waals surface area contributed by atoms with Gasteiger partial charge in [0.2, 0.25) is 5.69 Å². The number of fused-ring (bicyclic) bond motifs is 1. The van der Waals surface area contributed by atoms with Gasteiger partial charge in [-0.3, -0.25) is 0 Å². The third-order valence-electron chi connectivity index (χ3n) is 2.87. The van der Waals surface area contributed by atoms with Crippen LogP contribution in [0.25, 0.3) is 0 Å². The van der Waals surface area contributed by atoms with Crippen LogP contribution in [-0.4, -0.2) is 5.84 Å². The monoisotopic (exact) mass is 226 g/mol. The molecule has 0 spiro atoms. The summed E-state index contributed by atoms with van der Waals surface area (Å²) >= 11 is 0. The quantitative estimate of drug-likeness (QED) is 0.481. The van der Waals surface area contributed by atoms with Gasteiger partial charge in [0, 0.05) is 23.5 Å². The molecular formula is C13H14N4+2. The zero-order valence-corrected chi connectivity index (χ0v) is 9.27. The lowest BCUT2D eigenvalue weighted by Crippen LogP contribution is -2.89. The van der Waals surface area contributed by atoms with Crippen LogP contribution in [0.4, 0.5) is 22.7 Å². The number of nitrogens with two attached hydrogens (primary N) is 3. The number of quaternary nitrogens is 1. The van der Waals surface area contributed by atoms with Gasteiger partial charge in [0.1, 0.15) is 5.56 Å². The number of anilines is 2. The van der Waals surface area contributed by atoms with Crippen molar-refractivity contribution in [1.29, 1.82) is 0 Å². The molecule has 84 valence electrons. The Labute approximate surface area is 99.0 Å². The van der Waals surface area contributed by atoms with E-state index in [1.807, 2.05) is 42.5 Å². The average Bonchev–Trinajstić information content (AvgIpc) is 2.72. The third-order valence-corrected chi connectivity index (χ3v) is 2.87. The summed E-state index contributed by atoms with van der Waals surface area (Å²) in [5.74, 6) is 1.07. The van der Waals surface area contributed by atoms with Crippen molar-refractivity contribution in [2.75, 3.05) is 11.5 Å². The Morgan fingerprint density at radius 2 is 1.59 bits per heavy atom. The summed E-state index contributed by atoms with van der Waals surface area (Å²) in [6.45, 7) is 0. The maximum atomic E-state index is 5.76. The molecule has 0 saturated heterocycles. The maximum absolute atomic E-state index is 5.76. The highest BCUT2D eigenvalue weighted by Crippen LogP contribution is 2.17. The summed E-state index contributed by atoms with van der Waals surface area (Å²) in [6.07, 6.45) is 0. The molecule has 1 aliphatic heterocycles. The molecule has 2 aromatic carbocycles. The predicted molar refractivity (Wildman–Crippen MR) is 68.0 cm³/mol. The Morgan fingerprint density at radius 1 is 0.882 bits per heavy atom. The van der Waals surface area contributed by atoms with E-state index >= 15 is 0 Å². The lowest BCUT2D eigenvalue weighted by Gasteiger charge is -1.94. The molecule has 3 rings (SSSR count). The van der Waals surface area contributed by atoms with Gasteiger partial charge in [0.15, 0.2) is 0 Å². The molecule has 4 nitrogen and oxygen atoms in total. The molecule has 0 radical (unpaired) electrons. The van der Waals surface area contributed by atoms with Crippen molar-refractivity contribution in [3.8, 4) is 0 Å². The number of amidine groups is 1. The van der Waals surface area contributed by atoms with Crippen molar-refractivity contribution in [3.05, 3.63) is 48.0 Å². The van der Waals surface area contributed by atoms with Crippen LogP contribution < -0.4 is 21.8 Å². The van der Waals surface area contributed by atoms with Crippen molar-refractivity contribution in [2.45, 2.75) is 0 Å². The van der Waals surface area contributed by atoms with Crippen LogP contribution in [-0.2, 0) is 0 Å². The standard InChI is InChI=1S/C13H12N4/c14-9-3-1-8(2-4-9)13-16-11-6-5-10(15)7-12(11)17-13/h1-7H,14-15H2,(H,16,17)/p+2. The lowest BCUT2D eigenvalue weighted by atomic mass is 10.2. The van der Waals surface area contributed by atoms with Crippen molar-refractivity contribution in [3.63, 3.8) is 0 Å². The normalized spacial score (nSPS) is 13.3. The number of nitrogens with one attached hydrogen (secondary N) is 1. The van der Waals surface area contributed by atoms with E-state index in [0.29, 0.717) is 0 Å². The SMILES string of the molecule is Nc1ccc(C2=[NH+]c3cc(N)ccc3[NH2+]2)cc1. The Balaban J connectivity index is 1.99. The molecule has 0 fully saturated rings. The molecule has 0 amide bonds. The minimum atomic E-state index is 0.767. The Hall–Kier alpha value is -2.33. The first kappa shape index (κ1) is 9.86. The van der Waals surface area contributed by atoms with Crippen molar-refractivity contribution >= 4 is 28.6 Å². The number of nitrogen functional groups attached to an aromatic ring is 3. The third kappa shape index (κ3) is 1.74. The summed E-state index contributed by atoms with van der Waals surface area (Å²) < 4.78 is 0. The summed E-state index contributed by atoms with van der Waals surface area (Å²) in [5.41, 5.74) is 16.3. The topological polar surface area (TPSA) is 82.6 Å². The molecule has 17 heavy (non-hydrogen) atoms. The van der Waals surface area contributed by atoms with Crippen LogP contribution in [0.1, 0.15) is 5.56 Å². The Kier molecular flexibility index (Phi) is 2.09. The predicted octanol–water partition coefficient (Wildman–Crippen LogP) is -0.782. The summed E-state index contributed by atoms with van der Waals surface area (Å²) in [4.78, 5) is 3.35. The van der Waals surface area contributed by atoms with Crippen LogP contribution in [0.2, 0.25) is 0 Å². The van der Waals surface area contributed by atoms with Crippen LogP contribution in [0.15, 0.2) is 42.5 Å². The van der Waals surface area contributed by atoms with Gasteiger partial charge in [-0.15, -0.1) is 0 Å². The maximum Gasteiger partial charge on any atom is 0.377 e. The number of benzene rings is 2. The van der Waals surface area contributed by atoms with Crippen LogP contribution in [0, 0.1) is 0 Å². The second kappa shape index (κ2) is 3.61. The number of hydrogen-bond acceptors (Lipinski definition) is 2. The van der Waals surface area contributed by atoms with Gasteiger partial charge in [0.25, 0.3) is 5.69 Å². The fourth-order valence-electron chi connectivity index (χ4n) is 1.96. The van der Waals surface area contributed by atoms with Crippen LogP contribution in [0.3, 0.4) is 0 Å². The van der Waals surface area contributed by atoms with E-state index in [1.54, 1.807) is 0 Å². The molecule has 0 bridgehead atoms. The minimum Gasteiger partial charge on any atom is -0.399 e. The van der Waals surface area contributed by atoms with E-state index in [9.17, 15) is 0 Å². The summed E-state index contributed by atoms with van der Waals surface area (Å²) in [6, 6.07) is 13.7. The van der Waals surface area contributed by atoms with E-state index in [2.05, 4.69) is 10.3 Å². The first-order valence-electron chi connectivity index (χ1n) is 5.46. The van der Waals surface area contributed by atoms with Crippen molar-refractivity contribution in [2.24, 2.45) is 0 Å². The molecule has 1 heterocycles. The van der Waals surface area contributed by atoms with Crippen LogP contribution >= 0.6 is 0 Å². The van der Waals surface area contributed by atoms with Gasteiger partial charge >= 0.3 is 5.84 Å². The highest BCUT2D eigenvalue weighted by Gasteiger charge is 2.27. The van der Waals surface area contributed by atoms with Gasteiger partial charge in [-0.1, -0.05) is 0 Å². The minimum absolute atomic E-state index is 0.767. The number of hydrogen-bond donors (Lipinski definition) is 4. The highest BCUT2D eigenvalue weighted by molar-refractivity contribution is 5.91. The first-order valence-corrected chi connectivity index (χ1v) is 5.46. The second-order valence-corrected chi connectivity index (χ2v) is 4.15. The molecule has 2 aromatic rings. The first-order chi connectivity index (χ1) is 8.22. The van der Waals surface area contributed by atoms with Crippen molar-refractivity contribution in [1.82, 2.24) is 0 Å². The van der Waals surface area contributed by atoms with E-state index < -0.39 is 0 Å². The molecule has 1 aliphatic rings. The lowest BCUT2D eigenvalue weighted by molar-refractivity contribution is -0.483. The van der Waals surface area contributed by atoms with Gasteiger partial charge in [0.05, 0.1) is 0 Å². The van der Waals surface area contributed by atoms with E-state index in [0.717, 1.165) is 34.1 Å². The summed E-state index contributed by atoms with van der Waals surface area (Å²) in [5, 5.41) is 2.11. The zero-order valence-electron chi connectivity index (χ0n) is 9.27. The largest absolute Gasteiger partial charge is 0.399 e. The highest BCUT2D eigenvalue weighted by atomic mass is 15.1. The van der Waals surface area contributed by atoms with Crippen molar-refractivity contribution < 1.29 is 10.3 Å². The fourth-order valence-corrected chi connectivity index (χ4v) is 1.96. The number of rotatable bonds is 1.